The zero-order valence-electron chi connectivity index (χ0n) is 5.36. The molecule has 0 bridgehead atoms. The molecule has 1 N–H and O–H groups in total. The molecule has 0 aromatic heterocycles. The van der Waals surface area contributed by atoms with Crippen LogP contribution in [0.15, 0.2) is 27.0 Å². The minimum absolute atomic E-state index is 0.516. The Balaban J connectivity index is 3.00. The Morgan fingerprint density at radius 1 is 1.50 bits per heavy atom. The zero-order valence-corrected chi connectivity index (χ0v) is 6.87. The Bertz CT molecular complexity index is 222. The molecule has 2 nitrogen and oxygen atoms in total. The molecule has 4 heteroatoms. The molecule has 0 aromatic rings. The lowest BCUT2D eigenvalue weighted by Gasteiger charge is -1.98. The van der Waals surface area contributed by atoms with Crippen LogP contribution in [0, 0.1) is 0 Å². The molecule has 0 unspecified atom stereocenters. The van der Waals surface area contributed by atoms with Crippen molar-refractivity contribution in [3.05, 3.63) is 22.0 Å². The standard InChI is InChI=1S/C6H6Cl2N2/c1-4-5(7)2-9-3-10-6(4)8/h2-3H,1H3,(H,9,10). The van der Waals surface area contributed by atoms with Gasteiger partial charge in [-0.05, 0) is 6.92 Å². The van der Waals surface area contributed by atoms with Gasteiger partial charge in [-0.15, -0.1) is 0 Å². The van der Waals surface area contributed by atoms with E-state index < -0.39 is 0 Å². The van der Waals surface area contributed by atoms with E-state index in [0.717, 1.165) is 5.57 Å². The van der Waals surface area contributed by atoms with E-state index in [1.807, 2.05) is 6.92 Å². The maximum Gasteiger partial charge on any atom is 0.111 e. The van der Waals surface area contributed by atoms with Crippen molar-refractivity contribution < 1.29 is 0 Å². The number of hydrogen-bond donors (Lipinski definition) is 1. The Kier molecular flexibility index (Phi) is 2.35. The first-order valence-electron chi connectivity index (χ1n) is 2.72. The first-order valence-corrected chi connectivity index (χ1v) is 3.48. The summed E-state index contributed by atoms with van der Waals surface area (Å²) in [6, 6.07) is 0. The monoisotopic (exact) mass is 176 g/mol. The highest BCUT2D eigenvalue weighted by atomic mass is 35.5. The second-order valence-corrected chi connectivity index (χ2v) is 2.62. The van der Waals surface area contributed by atoms with Crippen LogP contribution in [0.1, 0.15) is 6.92 Å². The average Bonchev–Trinajstić information content (AvgIpc) is 2.04. The smallest absolute Gasteiger partial charge is 0.111 e. The fourth-order valence-corrected chi connectivity index (χ4v) is 0.856. The fraction of sp³-hybridized carbons (Fsp3) is 0.167. The van der Waals surface area contributed by atoms with Crippen LogP contribution in [0.3, 0.4) is 0 Å². The summed E-state index contributed by atoms with van der Waals surface area (Å²) < 4.78 is 0. The molecule has 0 fully saturated rings. The molecule has 0 saturated carbocycles. The molecule has 1 heterocycles. The number of halogens is 2. The maximum atomic E-state index is 5.73. The normalized spacial score (nSPS) is 18.1. The molecule has 0 aromatic carbocycles. The summed E-state index contributed by atoms with van der Waals surface area (Å²) in [7, 11) is 0. The van der Waals surface area contributed by atoms with Crippen LogP contribution in [0.5, 0.6) is 0 Å². The minimum Gasteiger partial charge on any atom is -0.337 e. The van der Waals surface area contributed by atoms with Gasteiger partial charge in [0, 0.05) is 11.8 Å². The van der Waals surface area contributed by atoms with Crippen LogP contribution >= 0.6 is 23.2 Å². The van der Waals surface area contributed by atoms with E-state index in [1.54, 1.807) is 6.20 Å². The van der Waals surface area contributed by atoms with Crippen LogP contribution in [-0.4, -0.2) is 6.34 Å². The zero-order chi connectivity index (χ0) is 7.56. The van der Waals surface area contributed by atoms with E-state index >= 15 is 0 Å². The van der Waals surface area contributed by atoms with Crippen molar-refractivity contribution in [3.8, 4) is 0 Å². The minimum atomic E-state index is 0.516. The Morgan fingerprint density at radius 3 is 2.90 bits per heavy atom. The van der Waals surface area contributed by atoms with E-state index in [4.69, 9.17) is 23.2 Å². The highest BCUT2D eigenvalue weighted by Crippen LogP contribution is 2.19. The molecule has 1 rings (SSSR count). The lowest BCUT2D eigenvalue weighted by atomic mass is 10.3. The molecular formula is C6H6Cl2N2. The summed E-state index contributed by atoms with van der Waals surface area (Å²) in [6.45, 7) is 1.82. The lowest BCUT2D eigenvalue weighted by molar-refractivity contribution is 1.24. The molecule has 54 valence electrons. The average molecular weight is 177 g/mol. The van der Waals surface area contributed by atoms with Crippen LogP contribution < -0.4 is 5.32 Å². The maximum absolute atomic E-state index is 5.73. The molecule has 10 heavy (non-hydrogen) atoms. The Labute approximate surface area is 69.2 Å². The van der Waals surface area contributed by atoms with Gasteiger partial charge in [0.15, 0.2) is 0 Å². The van der Waals surface area contributed by atoms with Gasteiger partial charge in [0.05, 0.1) is 11.4 Å². The third-order valence-electron chi connectivity index (χ3n) is 1.14. The van der Waals surface area contributed by atoms with Crippen molar-refractivity contribution in [2.75, 3.05) is 0 Å². The third kappa shape index (κ3) is 1.52. The van der Waals surface area contributed by atoms with E-state index in [0.29, 0.717) is 10.2 Å². The summed E-state index contributed by atoms with van der Waals surface area (Å²) in [5, 5.41) is 3.82. The van der Waals surface area contributed by atoms with Crippen molar-refractivity contribution in [1.82, 2.24) is 5.32 Å². The van der Waals surface area contributed by atoms with E-state index in [-0.39, 0.29) is 0 Å². The predicted octanol–water partition coefficient (Wildman–Crippen LogP) is 2.17. The topological polar surface area (TPSA) is 24.4 Å². The van der Waals surface area contributed by atoms with Gasteiger partial charge in [0.1, 0.15) is 5.16 Å². The van der Waals surface area contributed by atoms with Crippen LogP contribution in [0.25, 0.3) is 0 Å². The summed E-state index contributed by atoms with van der Waals surface area (Å²) >= 11 is 11.4. The first-order chi connectivity index (χ1) is 4.72. The molecule has 0 saturated heterocycles. The molecule has 0 amide bonds. The van der Waals surface area contributed by atoms with Crippen molar-refractivity contribution in [1.29, 1.82) is 0 Å². The molecule has 0 radical (unpaired) electrons. The van der Waals surface area contributed by atoms with Crippen molar-refractivity contribution in [3.63, 3.8) is 0 Å². The van der Waals surface area contributed by atoms with Gasteiger partial charge in [-0.25, -0.2) is 4.99 Å². The van der Waals surface area contributed by atoms with Gasteiger partial charge in [-0.2, -0.15) is 0 Å². The van der Waals surface area contributed by atoms with Gasteiger partial charge in [0.2, 0.25) is 0 Å². The number of allylic oxidation sites excluding steroid dienone is 2. The van der Waals surface area contributed by atoms with Crippen molar-refractivity contribution in [2.24, 2.45) is 4.99 Å². The first kappa shape index (κ1) is 7.63. The Hall–Kier alpha value is -0.470. The molecule has 0 atom stereocenters. The number of nitrogens with zero attached hydrogens (tertiary/aromatic N) is 1. The summed E-state index contributed by atoms with van der Waals surface area (Å²) in [4.78, 5) is 3.80. The van der Waals surface area contributed by atoms with E-state index in [9.17, 15) is 0 Å². The third-order valence-corrected chi connectivity index (χ3v) is 1.91. The Morgan fingerprint density at radius 2 is 2.20 bits per heavy atom. The van der Waals surface area contributed by atoms with Gasteiger partial charge < -0.3 is 5.32 Å². The summed E-state index contributed by atoms with van der Waals surface area (Å²) in [5.74, 6) is 0. The van der Waals surface area contributed by atoms with E-state index in [2.05, 4.69) is 10.3 Å². The summed E-state index contributed by atoms with van der Waals surface area (Å²) in [6.07, 6.45) is 3.03. The quantitative estimate of drug-likeness (QED) is 0.563. The van der Waals surface area contributed by atoms with Crippen LogP contribution in [0.4, 0.5) is 0 Å². The number of hydrogen-bond acceptors (Lipinski definition) is 2. The molecule has 1 aliphatic heterocycles. The predicted molar refractivity (Wildman–Crippen MR) is 44.1 cm³/mol. The second-order valence-electron chi connectivity index (χ2n) is 1.84. The lowest BCUT2D eigenvalue weighted by Crippen LogP contribution is -2.05. The van der Waals surface area contributed by atoms with Crippen LogP contribution in [0.2, 0.25) is 0 Å². The molecular weight excluding hydrogens is 171 g/mol. The van der Waals surface area contributed by atoms with Gasteiger partial charge in [-0.1, -0.05) is 23.2 Å². The van der Waals surface area contributed by atoms with Gasteiger partial charge >= 0.3 is 0 Å². The number of rotatable bonds is 0. The number of aliphatic imine (C=N–C) groups is 1. The SMILES string of the molecule is CC1=C(Cl)NC=NC=C1Cl. The van der Waals surface area contributed by atoms with Gasteiger partial charge in [0.25, 0.3) is 0 Å². The molecule has 1 aliphatic rings. The largest absolute Gasteiger partial charge is 0.337 e. The molecule has 0 spiro atoms. The van der Waals surface area contributed by atoms with Crippen LogP contribution in [-0.2, 0) is 0 Å². The molecule has 0 aliphatic carbocycles. The summed E-state index contributed by atoms with van der Waals surface area (Å²) in [5.41, 5.74) is 0.806. The van der Waals surface area contributed by atoms with Crippen molar-refractivity contribution >= 4 is 29.5 Å². The number of nitrogens with one attached hydrogen (secondary N) is 1. The highest BCUT2D eigenvalue weighted by Gasteiger charge is 2.03. The van der Waals surface area contributed by atoms with Gasteiger partial charge in [-0.3, -0.25) is 0 Å². The fourth-order valence-electron chi connectivity index (χ4n) is 0.507. The van der Waals surface area contributed by atoms with E-state index in [1.165, 1.54) is 6.34 Å². The second kappa shape index (κ2) is 3.08. The van der Waals surface area contributed by atoms with Crippen molar-refractivity contribution in [2.45, 2.75) is 6.92 Å². The highest BCUT2D eigenvalue weighted by molar-refractivity contribution is 6.35.